The number of rotatable bonds is 7. The number of nitrogens with one attached hydrogen (secondary N) is 1. The highest BCUT2D eigenvalue weighted by Gasteiger charge is 2.19. The van der Waals surface area contributed by atoms with E-state index in [9.17, 15) is 14.4 Å². The summed E-state index contributed by atoms with van der Waals surface area (Å²) in [6, 6.07) is 0. The Labute approximate surface area is 160 Å². The van der Waals surface area contributed by atoms with Crippen LogP contribution in [0.15, 0.2) is 22.0 Å². The number of H-pyrrole nitrogens is 1. The maximum atomic E-state index is 12.4. The fourth-order valence-electron chi connectivity index (χ4n) is 2.89. The SMILES string of the molecule is CCCCn1c(=O)[nH]c(=O)c2c1nc(COC(=O)c1cnc(C)cn1)n2CC. The highest BCUT2D eigenvalue weighted by molar-refractivity contribution is 5.86. The number of nitrogens with zero attached hydrogens (tertiary/aromatic N) is 5. The van der Waals surface area contributed by atoms with Gasteiger partial charge in [0.05, 0.1) is 11.9 Å². The fourth-order valence-corrected chi connectivity index (χ4v) is 2.89. The molecule has 0 fully saturated rings. The molecule has 0 radical (unpaired) electrons. The van der Waals surface area contributed by atoms with Gasteiger partial charge in [-0.25, -0.2) is 19.6 Å². The lowest BCUT2D eigenvalue weighted by Gasteiger charge is -2.07. The second-order valence-corrected chi connectivity index (χ2v) is 6.33. The van der Waals surface area contributed by atoms with Crippen LogP contribution in [0.1, 0.15) is 48.7 Å². The van der Waals surface area contributed by atoms with E-state index in [4.69, 9.17) is 4.74 Å². The van der Waals surface area contributed by atoms with Gasteiger partial charge in [0, 0.05) is 19.3 Å². The molecule has 3 aromatic heterocycles. The minimum absolute atomic E-state index is 0.0856. The molecule has 0 aliphatic heterocycles. The summed E-state index contributed by atoms with van der Waals surface area (Å²) in [6.07, 6.45) is 4.48. The molecule has 3 heterocycles. The van der Waals surface area contributed by atoms with E-state index in [0.29, 0.717) is 35.8 Å². The molecule has 0 saturated carbocycles. The van der Waals surface area contributed by atoms with Gasteiger partial charge in [0.1, 0.15) is 12.4 Å². The zero-order valence-electron chi connectivity index (χ0n) is 16.1. The Hall–Kier alpha value is -3.30. The third kappa shape index (κ3) is 3.71. The summed E-state index contributed by atoms with van der Waals surface area (Å²) in [7, 11) is 0. The smallest absolute Gasteiger partial charge is 0.358 e. The van der Waals surface area contributed by atoms with Crippen molar-refractivity contribution in [2.45, 2.75) is 53.3 Å². The number of carbonyl (C=O) groups excluding carboxylic acids is 1. The number of carbonyl (C=O) groups is 1. The molecule has 3 aromatic rings. The topological polar surface area (TPSA) is 125 Å². The van der Waals surface area contributed by atoms with Crippen molar-refractivity contribution in [3.8, 4) is 0 Å². The molecule has 10 nitrogen and oxygen atoms in total. The summed E-state index contributed by atoms with van der Waals surface area (Å²) in [5.74, 6) is -0.258. The molecule has 0 aliphatic rings. The minimum Gasteiger partial charge on any atom is -0.453 e. The van der Waals surface area contributed by atoms with Crippen molar-refractivity contribution < 1.29 is 9.53 Å². The van der Waals surface area contributed by atoms with Crippen molar-refractivity contribution >= 4 is 17.1 Å². The molecule has 3 rings (SSSR count). The van der Waals surface area contributed by atoms with Crippen LogP contribution < -0.4 is 11.2 Å². The van der Waals surface area contributed by atoms with Crippen LogP contribution in [0.5, 0.6) is 0 Å². The lowest BCUT2D eigenvalue weighted by atomic mass is 10.3. The summed E-state index contributed by atoms with van der Waals surface area (Å²) >= 11 is 0. The summed E-state index contributed by atoms with van der Waals surface area (Å²) < 4.78 is 8.38. The van der Waals surface area contributed by atoms with Crippen LogP contribution >= 0.6 is 0 Å². The number of aromatic nitrogens is 6. The van der Waals surface area contributed by atoms with E-state index in [1.165, 1.54) is 17.0 Å². The van der Waals surface area contributed by atoms with Crippen molar-refractivity contribution in [2.75, 3.05) is 0 Å². The zero-order valence-corrected chi connectivity index (χ0v) is 16.1. The monoisotopic (exact) mass is 386 g/mol. The van der Waals surface area contributed by atoms with Crippen LogP contribution in [-0.4, -0.2) is 35.0 Å². The lowest BCUT2D eigenvalue weighted by Crippen LogP contribution is -2.31. The van der Waals surface area contributed by atoms with E-state index in [-0.39, 0.29) is 12.3 Å². The molecule has 0 aromatic carbocycles. The molecule has 1 N–H and O–H groups in total. The Bertz CT molecular complexity index is 1110. The predicted molar refractivity (Wildman–Crippen MR) is 101 cm³/mol. The van der Waals surface area contributed by atoms with Gasteiger partial charge in [-0.1, -0.05) is 13.3 Å². The molecule has 0 unspecified atom stereocenters. The molecule has 28 heavy (non-hydrogen) atoms. The Kier molecular flexibility index (Phi) is 5.67. The Morgan fingerprint density at radius 1 is 1.18 bits per heavy atom. The summed E-state index contributed by atoms with van der Waals surface area (Å²) in [5.41, 5.74) is 0.356. The first-order valence-electron chi connectivity index (χ1n) is 9.14. The number of aryl methyl sites for hydroxylation is 3. The third-order valence-corrected chi connectivity index (χ3v) is 4.34. The molecule has 0 bridgehead atoms. The number of hydrogen-bond donors (Lipinski definition) is 1. The Morgan fingerprint density at radius 3 is 2.61 bits per heavy atom. The Morgan fingerprint density at radius 2 is 1.96 bits per heavy atom. The standard InChI is InChI=1S/C18H22N6O4/c1-4-6-7-24-15-14(16(25)22-18(24)27)23(5-2)13(21-15)10-28-17(26)12-9-19-11(3)8-20-12/h8-9H,4-7,10H2,1-3H3,(H,22,25,27). The maximum Gasteiger partial charge on any atom is 0.358 e. The number of hydrogen-bond acceptors (Lipinski definition) is 7. The maximum absolute atomic E-state index is 12.4. The number of unbranched alkanes of at least 4 members (excludes halogenated alkanes) is 1. The van der Waals surface area contributed by atoms with Gasteiger partial charge >= 0.3 is 11.7 Å². The fraction of sp³-hybridized carbons (Fsp3) is 0.444. The first-order chi connectivity index (χ1) is 13.5. The molecular weight excluding hydrogens is 364 g/mol. The molecule has 0 amide bonds. The van der Waals surface area contributed by atoms with Crippen LogP contribution in [0.3, 0.4) is 0 Å². The normalized spacial score (nSPS) is 11.1. The summed E-state index contributed by atoms with van der Waals surface area (Å²) in [5, 5.41) is 0. The molecule has 10 heteroatoms. The largest absolute Gasteiger partial charge is 0.453 e. The summed E-state index contributed by atoms with van der Waals surface area (Å²) in [6.45, 7) is 6.35. The first kappa shape index (κ1) is 19.5. The number of esters is 1. The number of fused-ring (bicyclic) bond motifs is 1. The highest BCUT2D eigenvalue weighted by atomic mass is 16.5. The number of aromatic amines is 1. The highest BCUT2D eigenvalue weighted by Crippen LogP contribution is 2.13. The molecule has 148 valence electrons. The van der Waals surface area contributed by atoms with E-state index < -0.39 is 17.2 Å². The van der Waals surface area contributed by atoms with Crippen molar-refractivity contribution in [3.05, 3.63) is 50.4 Å². The molecular formula is C18H22N6O4. The number of imidazole rings is 1. The van der Waals surface area contributed by atoms with E-state index >= 15 is 0 Å². The van der Waals surface area contributed by atoms with Crippen molar-refractivity contribution in [1.82, 2.24) is 29.1 Å². The lowest BCUT2D eigenvalue weighted by molar-refractivity contribution is 0.0451. The van der Waals surface area contributed by atoms with Crippen molar-refractivity contribution in [1.29, 1.82) is 0 Å². The van der Waals surface area contributed by atoms with Gasteiger partial charge < -0.3 is 9.30 Å². The van der Waals surface area contributed by atoms with Crippen molar-refractivity contribution in [2.24, 2.45) is 0 Å². The van der Waals surface area contributed by atoms with Gasteiger partial charge in [-0.3, -0.25) is 19.3 Å². The van der Waals surface area contributed by atoms with Gasteiger partial charge in [-0.15, -0.1) is 0 Å². The average molecular weight is 386 g/mol. The quantitative estimate of drug-likeness (QED) is 0.604. The van der Waals surface area contributed by atoms with Gasteiger partial charge in [-0.05, 0) is 20.3 Å². The van der Waals surface area contributed by atoms with Crippen LogP contribution in [0, 0.1) is 6.92 Å². The minimum atomic E-state index is -0.639. The summed E-state index contributed by atoms with van der Waals surface area (Å²) in [4.78, 5) is 51.5. The van der Waals surface area contributed by atoms with Crippen LogP contribution in [-0.2, 0) is 24.4 Å². The molecule has 0 saturated heterocycles. The van der Waals surface area contributed by atoms with E-state index in [1.54, 1.807) is 11.5 Å². The predicted octanol–water partition coefficient (Wildman–Crippen LogP) is 1.16. The van der Waals surface area contributed by atoms with Crippen LogP contribution in [0.2, 0.25) is 0 Å². The average Bonchev–Trinajstić information content (AvgIpc) is 3.05. The van der Waals surface area contributed by atoms with E-state index in [0.717, 1.165) is 12.8 Å². The second kappa shape index (κ2) is 8.15. The van der Waals surface area contributed by atoms with Gasteiger partial charge in [-0.2, -0.15) is 0 Å². The zero-order chi connectivity index (χ0) is 20.3. The Balaban J connectivity index is 1.95. The third-order valence-electron chi connectivity index (χ3n) is 4.34. The molecule has 0 spiro atoms. The molecule has 0 aliphatic carbocycles. The second-order valence-electron chi connectivity index (χ2n) is 6.33. The van der Waals surface area contributed by atoms with E-state index in [1.807, 2.05) is 13.8 Å². The van der Waals surface area contributed by atoms with Gasteiger partial charge in [0.2, 0.25) is 0 Å². The first-order valence-corrected chi connectivity index (χ1v) is 9.14. The van der Waals surface area contributed by atoms with Gasteiger partial charge in [0.25, 0.3) is 5.56 Å². The van der Waals surface area contributed by atoms with E-state index in [2.05, 4.69) is 19.9 Å². The van der Waals surface area contributed by atoms with Crippen LogP contribution in [0.4, 0.5) is 0 Å². The van der Waals surface area contributed by atoms with Gasteiger partial charge in [0.15, 0.2) is 16.9 Å². The number of ether oxygens (including phenoxy) is 1. The van der Waals surface area contributed by atoms with Crippen LogP contribution in [0.25, 0.3) is 11.2 Å². The van der Waals surface area contributed by atoms with Crippen molar-refractivity contribution in [3.63, 3.8) is 0 Å². The molecule has 0 atom stereocenters.